The van der Waals surface area contributed by atoms with Crippen LogP contribution in [0.3, 0.4) is 0 Å². The summed E-state index contributed by atoms with van der Waals surface area (Å²) in [5, 5.41) is 4.94. The van der Waals surface area contributed by atoms with Gasteiger partial charge >= 0.3 is 0 Å². The van der Waals surface area contributed by atoms with Gasteiger partial charge in [-0.3, -0.25) is 0 Å². The maximum Gasteiger partial charge on any atom is 0.107 e. The lowest BCUT2D eigenvalue weighted by Gasteiger charge is -2.05. The highest BCUT2D eigenvalue weighted by Crippen LogP contribution is 2.38. The third-order valence-electron chi connectivity index (χ3n) is 4.07. The molecule has 0 aliphatic heterocycles. The Labute approximate surface area is 152 Å². The Balaban J connectivity index is 1.87. The minimum Gasteiger partial charge on any atom is -0.236 e. The minimum absolute atomic E-state index is 1.02. The number of nitrogens with zero attached hydrogens (tertiary/aromatic N) is 2. The summed E-state index contributed by atoms with van der Waals surface area (Å²) in [7, 11) is 0. The molecule has 3 aromatic carbocycles. The Hall–Kier alpha value is -2.78. The van der Waals surface area contributed by atoms with Crippen molar-refractivity contribution in [2.45, 2.75) is 16.7 Å². The molecule has 0 spiro atoms. The molecule has 4 rings (SSSR count). The second kappa shape index (κ2) is 6.99. The van der Waals surface area contributed by atoms with E-state index in [1.54, 1.807) is 11.8 Å². The van der Waals surface area contributed by atoms with Gasteiger partial charge in [0.1, 0.15) is 5.69 Å². The predicted octanol–water partition coefficient (Wildman–Crippen LogP) is 6.00. The number of rotatable bonds is 4. The van der Waals surface area contributed by atoms with Crippen molar-refractivity contribution < 1.29 is 0 Å². The number of para-hydroxylation sites is 1. The Morgan fingerprint density at radius 1 is 0.720 bits per heavy atom. The van der Waals surface area contributed by atoms with Crippen molar-refractivity contribution in [3.8, 4) is 16.9 Å². The molecule has 0 saturated heterocycles. The molecule has 0 fully saturated rings. The number of hydrogen-bond donors (Lipinski definition) is 0. The molecule has 25 heavy (non-hydrogen) atoms. The first-order valence-corrected chi connectivity index (χ1v) is 9.08. The maximum atomic E-state index is 4.94. The monoisotopic (exact) mass is 342 g/mol. The summed E-state index contributed by atoms with van der Waals surface area (Å²) in [4.78, 5) is 2.41. The molecule has 4 aromatic rings. The first-order chi connectivity index (χ1) is 12.3. The van der Waals surface area contributed by atoms with E-state index in [0.717, 1.165) is 22.6 Å². The van der Waals surface area contributed by atoms with E-state index in [9.17, 15) is 0 Å². The van der Waals surface area contributed by atoms with Gasteiger partial charge in [0.05, 0.1) is 16.3 Å². The molecule has 1 heterocycles. The molecule has 0 N–H and O–H groups in total. The van der Waals surface area contributed by atoms with Crippen LogP contribution in [0.25, 0.3) is 16.9 Å². The van der Waals surface area contributed by atoms with Crippen LogP contribution in [0, 0.1) is 6.92 Å². The van der Waals surface area contributed by atoms with Crippen LogP contribution in [0.15, 0.2) is 101 Å². The molecule has 3 heteroatoms. The van der Waals surface area contributed by atoms with Crippen LogP contribution in [0.4, 0.5) is 0 Å². The van der Waals surface area contributed by atoms with Crippen LogP contribution >= 0.6 is 11.8 Å². The molecule has 0 unspecified atom stereocenters. The summed E-state index contributed by atoms with van der Waals surface area (Å²) in [6, 6.07) is 31.1. The number of hydrogen-bond acceptors (Lipinski definition) is 2. The van der Waals surface area contributed by atoms with E-state index in [1.807, 2.05) is 35.0 Å². The lowest BCUT2D eigenvalue weighted by molar-refractivity contribution is 0.846. The van der Waals surface area contributed by atoms with E-state index < -0.39 is 0 Å². The molecule has 0 amide bonds. The zero-order valence-electron chi connectivity index (χ0n) is 14.0. The quantitative estimate of drug-likeness (QED) is 0.453. The van der Waals surface area contributed by atoms with Gasteiger partial charge in [-0.15, -0.1) is 0 Å². The highest BCUT2D eigenvalue weighted by molar-refractivity contribution is 7.99. The first-order valence-electron chi connectivity index (χ1n) is 8.26. The van der Waals surface area contributed by atoms with Gasteiger partial charge < -0.3 is 0 Å². The van der Waals surface area contributed by atoms with Gasteiger partial charge in [0, 0.05) is 10.5 Å². The van der Waals surface area contributed by atoms with Gasteiger partial charge in [0.15, 0.2) is 0 Å². The van der Waals surface area contributed by atoms with Crippen LogP contribution in [-0.4, -0.2) is 9.78 Å². The predicted molar refractivity (Wildman–Crippen MR) is 104 cm³/mol. The van der Waals surface area contributed by atoms with E-state index in [0.29, 0.717) is 0 Å². The van der Waals surface area contributed by atoms with E-state index in [1.165, 1.54) is 9.79 Å². The van der Waals surface area contributed by atoms with E-state index in [4.69, 9.17) is 5.10 Å². The summed E-state index contributed by atoms with van der Waals surface area (Å²) in [6.45, 7) is 2.14. The summed E-state index contributed by atoms with van der Waals surface area (Å²) < 4.78 is 2.04. The fourth-order valence-corrected chi connectivity index (χ4v) is 3.84. The Bertz CT molecular complexity index is 961. The lowest BCUT2D eigenvalue weighted by Crippen LogP contribution is -1.98. The topological polar surface area (TPSA) is 17.8 Å². The van der Waals surface area contributed by atoms with Crippen LogP contribution in [0.5, 0.6) is 0 Å². The Morgan fingerprint density at radius 2 is 1.28 bits per heavy atom. The molecule has 0 bridgehead atoms. The average molecular weight is 342 g/mol. The van der Waals surface area contributed by atoms with Gasteiger partial charge in [0.25, 0.3) is 0 Å². The summed E-state index contributed by atoms with van der Waals surface area (Å²) in [6.07, 6.45) is 0. The van der Waals surface area contributed by atoms with Crippen molar-refractivity contribution >= 4 is 11.8 Å². The van der Waals surface area contributed by atoms with Gasteiger partial charge in [-0.2, -0.15) is 5.10 Å². The normalized spacial score (nSPS) is 10.8. The number of aromatic nitrogens is 2. The van der Waals surface area contributed by atoms with Gasteiger partial charge in [-0.1, -0.05) is 78.5 Å². The number of benzene rings is 3. The average Bonchev–Trinajstić information content (AvgIpc) is 3.01. The minimum atomic E-state index is 1.02. The zero-order chi connectivity index (χ0) is 17.1. The van der Waals surface area contributed by atoms with Crippen molar-refractivity contribution in [2.75, 3.05) is 0 Å². The smallest absolute Gasteiger partial charge is 0.107 e. The molecule has 0 saturated carbocycles. The fraction of sp³-hybridized carbons (Fsp3) is 0.0455. The van der Waals surface area contributed by atoms with E-state index in [-0.39, 0.29) is 0 Å². The first kappa shape index (κ1) is 15.7. The third kappa shape index (κ3) is 3.24. The van der Waals surface area contributed by atoms with E-state index in [2.05, 4.69) is 67.6 Å². The molecule has 122 valence electrons. The molecule has 0 radical (unpaired) electrons. The van der Waals surface area contributed by atoms with E-state index >= 15 is 0 Å². The van der Waals surface area contributed by atoms with Crippen molar-refractivity contribution in [3.05, 3.63) is 96.7 Å². The van der Waals surface area contributed by atoms with Crippen molar-refractivity contribution in [2.24, 2.45) is 0 Å². The second-order valence-corrected chi connectivity index (χ2v) is 6.88. The van der Waals surface area contributed by atoms with Crippen molar-refractivity contribution in [1.82, 2.24) is 9.78 Å². The summed E-state index contributed by atoms with van der Waals surface area (Å²) >= 11 is 1.77. The highest BCUT2D eigenvalue weighted by Gasteiger charge is 2.18. The zero-order valence-corrected chi connectivity index (χ0v) is 14.8. The van der Waals surface area contributed by atoms with Crippen molar-refractivity contribution in [3.63, 3.8) is 0 Å². The molecule has 2 nitrogen and oxygen atoms in total. The molecular formula is C22H18N2S. The van der Waals surface area contributed by atoms with Gasteiger partial charge in [-0.25, -0.2) is 4.68 Å². The molecular weight excluding hydrogens is 324 g/mol. The largest absolute Gasteiger partial charge is 0.236 e. The summed E-state index contributed by atoms with van der Waals surface area (Å²) in [5.74, 6) is 0. The SMILES string of the molecule is Cc1c(Sc2ccccc2)c(-c2ccccc2)nn1-c1ccccc1. The maximum absolute atomic E-state index is 4.94. The lowest BCUT2D eigenvalue weighted by atomic mass is 10.1. The van der Waals surface area contributed by atoms with Crippen LogP contribution < -0.4 is 0 Å². The third-order valence-corrected chi connectivity index (χ3v) is 5.27. The van der Waals surface area contributed by atoms with Crippen molar-refractivity contribution in [1.29, 1.82) is 0 Å². The Kier molecular flexibility index (Phi) is 4.40. The highest BCUT2D eigenvalue weighted by atomic mass is 32.2. The molecule has 1 aromatic heterocycles. The summed E-state index contributed by atoms with van der Waals surface area (Å²) in [5.41, 5.74) is 4.39. The fourth-order valence-electron chi connectivity index (χ4n) is 2.82. The van der Waals surface area contributed by atoms with Crippen LogP contribution in [-0.2, 0) is 0 Å². The van der Waals surface area contributed by atoms with Crippen LogP contribution in [0.2, 0.25) is 0 Å². The van der Waals surface area contributed by atoms with Crippen LogP contribution in [0.1, 0.15) is 5.69 Å². The Morgan fingerprint density at radius 3 is 1.92 bits per heavy atom. The second-order valence-electron chi connectivity index (χ2n) is 5.79. The molecule has 0 aliphatic rings. The molecule has 0 aliphatic carbocycles. The van der Waals surface area contributed by atoms with Gasteiger partial charge in [-0.05, 0) is 31.2 Å². The molecule has 0 atom stereocenters. The standard InChI is InChI=1S/C22H18N2S/c1-17-22(25-20-15-9-4-10-16-20)21(18-11-5-2-6-12-18)23-24(17)19-13-7-3-8-14-19/h2-16H,1H3. The van der Waals surface area contributed by atoms with Gasteiger partial charge in [0.2, 0.25) is 0 Å².